The lowest BCUT2D eigenvalue weighted by molar-refractivity contribution is -0.123. The van der Waals surface area contributed by atoms with Gasteiger partial charge in [0.25, 0.3) is 0 Å². The van der Waals surface area contributed by atoms with Crippen LogP contribution in [0.25, 0.3) is 0 Å². The Kier molecular flexibility index (Phi) is 3.06. The molecule has 2 aliphatic carbocycles. The van der Waals surface area contributed by atoms with E-state index in [0.29, 0.717) is 17.9 Å². The van der Waals surface area contributed by atoms with E-state index in [9.17, 15) is 4.79 Å². The third-order valence-corrected chi connectivity index (χ3v) is 4.48. The Hall–Kier alpha value is -1.02. The predicted octanol–water partition coefficient (Wildman–Crippen LogP) is 3.36. The number of hydrogen-bond donors (Lipinski definition) is 1. The molecule has 0 bridgehead atoms. The molecule has 1 aromatic carbocycles. The highest BCUT2D eigenvalue weighted by atomic mass is 35.5. The Morgan fingerprint density at radius 2 is 2.11 bits per heavy atom. The molecule has 3 unspecified atom stereocenters. The summed E-state index contributed by atoms with van der Waals surface area (Å²) in [6.07, 6.45) is 3.47. The summed E-state index contributed by atoms with van der Waals surface area (Å²) in [7, 11) is 0. The molecule has 3 heteroatoms. The van der Waals surface area contributed by atoms with Crippen LogP contribution in [0.1, 0.15) is 37.7 Å². The minimum absolute atomic E-state index is 0.131. The molecule has 2 aliphatic rings. The van der Waals surface area contributed by atoms with E-state index >= 15 is 0 Å². The lowest BCUT2D eigenvalue weighted by atomic mass is 10.1. The molecule has 0 saturated heterocycles. The van der Waals surface area contributed by atoms with Gasteiger partial charge in [-0.25, -0.2) is 0 Å². The molecule has 1 N–H and O–H groups in total. The summed E-state index contributed by atoms with van der Waals surface area (Å²) >= 11 is 6.16. The van der Waals surface area contributed by atoms with Gasteiger partial charge in [0.2, 0.25) is 5.91 Å². The van der Waals surface area contributed by atoms with Crippen molar-refractivity contribution in [3.05, 3.63) is 34.9 Å². The summed E-state index contributed by atoms with van der Waals surface area (Å²) in [6.45, 7) is 2.11. The first-order chi connectivity index (χ1) is 8.66. The summed E-state index contributed by atoms with van der Waals surface area (Å²) in [4.78, 5) is 12.1. The zero-order chi connectivity index (χ0) is 12.7. The number of carbonyl (C=O) groups excluding carboxylic acids is 1. The highest BCUT2D eigenvalue weighted by Crippen LogP contribution is 2.49. The topological polar surface area (TPSA) is 29.1 Å². The van der Waals surface area contributed by atoms with Crippen LogP contribution in [0.2, 0.25) is 5.02 Å². The Balaban J connectivity index is 1.60. The molecule has 0 radical (unpaired) electrons. The molecule has 2 saturated carbocycles. The number of amides is 1. The Labute approximate surface area is 113 Å². The van der Waals surface area contributed by atoms with Crippen LogP contribution in [0.15, 0.2) is 24.3 Å². The van der Waals surface area contributed by atoms with E-state index in [1.54, 1.807) is 0 Å². The molecule has 0 spiro atoms. The van der Waals surface area contributed by atoms with Crippen molar-refractivity contribution < 1.29 is 4.79 Å². The summed E-state index contributed by atoms with van der Waals surface area (Å²) < 4.78 is 0. The molecule has 2 fully saturated rings. The van der Waals surface area contributed by atoms with Gasteiger partial charge < -0.3 is 5.32 Å². The van der Waals surface area contributed by atoms with E-state index in [-0.39, 0.29) is 11.8 Å². The van der Waals surface area contributed by atoms with Crippen LogP contribution in [-0.4, -0.2) is 11.9 Å². The van der Waals surface area contributed by atoms with Crippen LogP contribution < -0.4 is 5.32 Å². The first-order valence-electron chi connectivity index (χ1n) is 6.71. The SMILES string of the molecule is CC(NC(=O)C1CC1c1ccccc1Cl)C1CC1. The molecular formula is C15H18ClNO. The van der Waals surface area contributed by atoms with Crippen LogP contribution in [0.3, 0.4) is 0 Å². The first-order valence-corrected chi connectivity index (χ1v) is 7.09. The molecular weight excluding hydrogens is 246 g/mol. The number of hydrogen-bond acceptors (Lipinski definition) is 1. The Morgan fingerprint density at radius 3 is 2.78 bits per heavy atom. The number of benzene rings is 1. The van der Waals surface area contributed by atoms with Crippen molar-refractivity contribution >= 4 is 17.5 Å². The van der Waals surface area contributed by atoms with Gasteiger partial charge in [0.1, 0.15) is 0 Å². The molecule has 3 rings (SSSR count). The average Bonchev–Trinajstić information content (AvgIpc) is 3.22. The highest BCUT2D eigenvalue weighted by Gasteiger charge is 2.45. The van der Waals surface area contributed by atoms with E-state index in [2.05, 4.69) is 12.2 Å². The van der Waals surface area contributed by atoms with Crippen LogP contribution in [0, 0.1) is 11.8 Å². The Morgan fingerprint density at radius 1 is 1.39 bits per heavy atom. The molecule has 0 heterocycles. The van der Waals surface area contributed by atoms with Crippen molar-refractivity contribution in [2.24, 2.45) is 11.8 Å². The van der Waals surface area contributed by atoms with E-state index in [0.717, 1.165) is 17.0 Å². The molecule has 2 nitrogen and oxygen atoms in total. The molecule has 18 heavy (non-hydrogen) atoms. The minimum Gasteiger partial charge on any atom is -0.353 e. The fourth-order valence-corrected chi connectivity index (χ4v) is 2.93. The maximum atomic E-state index is 12.1. The zero-order valence-corrected chi connectivity index (χ0v) is 11.3. The summed E-state index contributed by atoms with van der Waals surface area (Å²) in [5, 5.41) is 3.93. The van der Waals surface area contributed by atoms with Crippen molar-refractivity contribution in [3.8, 4) is 0 Å². The molecule has 1 aromatic rings. The largest absolute Gasteiger partial charge is 0.353 e. The third-order valence-electron chi connectivity index (χ3n) is 4.13. The van der Waals surface area contributed by atoms with E-state index in [1.807, 2.05) is 24.3 Å². The molecule has 3 atom stereocenters. The quantitative estimate of drug-likeness (QED) is 0.887. The van der Waals surface area contributed by atoms with Crippen LogP contribution in [0.4, 0.5) is 0 Å². The van der Waals surface area contributed by atoms with E-state index in [4.69, 9.17) is 11.6 Å². The molecule has 0 aromatic heterocycles. The van der Waals surface area contributed by atoms with Gasteiger partial charge in [-0.05, 0) is 49.7 Å². The lowest BCUT2D eigenvalue weighted by Crippen LogP contribution is -2.35. The zero-order valence-electron chi connectivity index (χ0n) is 10.5. The number of carbonyl (C=O) groups is 1. The van der Waals surface area contributed by atoms with Crippen LogP contribution in [-0.2, 0) is 4.79 Å². The van der Waals surface area contributed by atoms with Crippen molar-refractivity contribution in [1.29, 1.82) is 0 Å². The predicted molar refractivity (Wildman–Crippen MR) is 72.6 cm³/mol. The summed E-state index contributed by atoms with van der Waals surface area (Å²) in [5.74, 6) is 1.38. The second-order valence-corrected chi connectivity index (χ2v) is 6.01. The van der Waals surface area contributed by atoms with Gasteiger partial charge in [-0.2, -0.15) is 0 Å². The molecule has 0 aliphatic heterocycles. The van der Waals surface area contributed by atoms with Gasteiger partial charge in [-0.3, -0.25) is 4.79 Å². The van der Waals surface area contributed by atoms with Gasteiger partial charge >= 0.3 is 0 Å². The van der Waals surface area contributed by atoms with Crippen molar-refractivity contribution in [2.75, 3.05) is 0 Å². The second kappa shape index (κ2) is 4.58. The first kappa shape index (κ1) is 12.0. The average molecular weight is 264 g/mol. The highest BCUT2D eigenvalue weighted by molar-refractivity contribution is 6.31. The van der Waals surface area contributed by atoms with Gasteiger partial charge in [-0.1, -0.05) is 29.8 Å². The number of rotatable bonds is 4. The van der Waals surface area contributed by atoms with E-state index in [1.165, 1.54) is 12.8 Å². The van der Waals surface area contributed by atoms with Gasteiger partial charge in [0.15, 0.2) is 0 Å². The lowest BCUT2D eigenvalue weighted by Gasteiger charge is -2.12. The summed E-state index contributed by atoms with van der Waals surface area (Å²) in [6, 6.07) is 8.19. The molecule has 1 amide bonds. The fourth-order valence-electron chi connectivity index (χ4n) is 2.65. The van der Waals surface area contributed by atoms with Gasteiger partial charge in [0.05, 0.1) is 0 Å². The smallest absolute Gasteiger partial charge is 0.223 e. The standard InChI is InChI=1S/C15H18ClNO/c1-9(10-6-7-10)17-15(18)13-8-12(13)11-4-2-3-5-14(11)16/h2-5,9-10,12-13H,6-8H2,1H3,(H,17,18). The van der Waals surface area contributed by atoms with Crippen LogP contribution in [0.5, 0.6) is 0 Å². The van der Waals surface area contributed by atoms with Crippen molar-refractivity contribution in [3.63, 3.8) is 0 Å². The normalized spacial score (nSPS) is 27.7. The van der Waals surface area contributed by atoms with Gasteiger partial charge in [0, 0.05) is 17.0 Å². The van der Waals surface area contributed by atoms with Gasteiger partial charge in [-0.15, -0.1) is 0 Å². The number of nitrogens with one attached hydrogen (secondary N) is 1. The van der Waals surface area contributed by atoms with Crippen molar-refractivity contribution in [2.45, 2.75) is 38.1 Å². The maximum Gasteiger partial charge on any atom is 0.223 e. The second-order valence-electron chi connectivity index (χ2n) is 5.60. The number of halogens is 1. The molecule has 96 valence electrons. The van der Waals surface area contributed by atoms with Crippen LogP contribution >= 0.6 is 11.6 Å². The minimum atomic E-state index is 0.131. The monoisotopic (exact) mass is 263 g/mol. The van der Waals surface area contributed by atoms with E-state index < -0.39 is 0 Å². The third kappa shape index (κ3) is 2.39. The fraction of sp³-hybridized carbons (Fsp3) is 0.533. The Bertz CT molecular complexity index is 469. The summed E-state index contributed by atoms with van der Waals surface area (Å²) in [5.41, 5.74) is 1.12. The maximum absolute atomic E-state index is 12.1. The van der Waals surface area contributed by atoms with Crippen molar-refractivity contribution in [1.82, 2.24) is 5.32 Å².